The fraction of sp³-hybridized carbons (Fsp3) is 0.450. The second kappa shape index (κ2) is 11.1. The second-order valence-corrected chi connectivity index (χ2v) is 6.68. The smallest absolute Gasteiger partial charge is 0.389 e. The highest BCUT2D eigenvalue weighted by Crippen LogP contribution is 2.02. The Morgan fingerprint density at radius 3 is 2.42 bits per heavy atom. The summed E-state index contributed by atoms with van der Waals surface area (Å²) < 4.78 is 6.87. The van der Waals surface area contributed by atoms with Crippen LogP contribution in [0.1, 0.15) is 33.3 Å². The molecule has 0 saturated carbocycles. The predicted molar refractivity (Wildman–Crippen MR) is 103 cm³/mol. The third-order valence-electron chi connectivity index (χ3n) is 3.51. The van der Waals surface area contributed by atoms with Crippen LogP contribution in [0.5, 0.6) is 0 Å². The van der Waals surface area contributed by atoms with E-state index in [0.717, 1.165) is 12.0 Å². The Hall–Kier alpha value is -2.63. The lowest BCUT2D eigenvalue weighted by Crippen LogP contribution is -2.35. The summed E-state index contributed by atoms with van der Waals surface area (Å²) in [6.07, 6.45) is 3.67. The molecule has 0 aliphatic carbocycles. The first-order chi connectivity index (χ1) is 12.3. The number of nitrogens with one attached hydrogen (secondary N) is 2. The number of nitrogens with zero attached hydrogens (tertiary/aromatic N) is 1. The third-order valence-corrected chi connectivity index (χ3v) is 3.51. The van der Waals surface area contributed by atoms with E-state index in [1.807, 2.05) is 51.1 Å². The Bertz CT molecular complexity index is 652. The van der Waals surface area contributed by atoms with Gasteiger partial charge in [-0.2, -0.15) is 0 Å². The molecule has 1 rings (SSSR count). The van der Waals surface area contributed by atoms with Gasteiger partial charge in [-0.3, -0.25) is 4.79 Å². The van der Waals surface area contributed by atoms with Crippen LogP contribution in [0, 0.1) is 0 Å². The van der Waals surface area contributed by atoms with E-state index in [2.05, 4.69) is 10.6 Å². The molecule has 0 unspecified atom stereocenters. The Morgan fingerprint density at radius 1 is 1.15 bits per heavy atom. The molecule has 0 aliphatic rings. The number of benzene rings is 1. The Morgan fingerprint density at radius 2 is 1.81 bits per heavy atom. The molecule has 2 amide bonds. The summed E-state index contributed by atoms with van der Waals surface area (Å²) in [7, 11) is 1.77. The van der Waals surface area contributed by atoms with Crippen molar-refractivity contribution in [2.24, 2.45) is 0 Å². The molecule has 0 aliphatic heterocycles. The van der Waals surface area contributed by atoms with Crippen LogP contribution in [0.15, 0.2) is 42.0 Å². The van der Waals surface area contributed by atoms with Crippen LogP contribution in [0.25, 0.3) is 0 Å². The zero-order valence-corrected chi connectivity index (χ0v) is 16.3. The highest BCUT2D eigenvalue weighted by Gasteiger charge is 2.10. The molecule has 0 heterocycles. The van der Waals surface area contributed by atoms with Crippen molar-refractivity contribution in [3.8, 4) is 0 Å². The van der Waals surface area contributed by atoms with Crippen molar-refractivity contribution in [3.63, 3.8) is 0 Å². The van der Waals surface area contributed by atoms with E-state index < -0.39 is 6.09 Å². The van der Waals surface area contributed by atoms with Crippen molar-refractivity contribution < 1.29 is 18.9 Å². The van der Waals surface area contributed by atoms with E-state index in [9.17, 15) is 9.59 Å². The minimum absolute atomic E-state index is 0.0268. The fourth-order valence-electron chi connectivity index (χ4n) is 2.16. The highest BCUT2D eigenvalue weighted by molar-refractivity contribution is 5.96. The van der Waals surface area contributed by atoms with E-state index in [1.165, 1.54) is 0 Å². The van der Waals surface area contributed by atoms with Gasteiger partial charge in [0.05, 0.1) is 0 Å². The van der Waals surface area contributed by atoms with Crippen LogP contribution < -0.4 is 10.6 Å². The molecule has 6 heteroatoms. The van der Waals surface area contributed by atoms with E-state index in [-0.39, 0.29) is 24.7 Å². The standard InChI is InChI=1S/C20H29N3O3/c1-15(2)21-19(24)16(3)11-12-23(5)14-26-20(25)22-17(4)13-18-9-7-6-8-10-18/h6-12,15,17H,13-14H2,1-5H3,(H-,21,22,24,25)/p+1/b16-11+,23-12+/t17-/m0/s1. The SMILES string of the molecule is C/C(=C\C=[N+](/C)COC(=O)N[C@@H](C)Cc1ccccc1)C(=O)NC(C)C. The van der Waals surface area contributed by atoms with Crippen LogP contribution in [-0.2, 0) is 16.0 Å². The molecular formula is C20H30N3O3+. The van der Waals surface area contributed by atoms with Gasteiger partial charge in [0.25, 0.3) is 6.73 Å². The zero-order chi connectivity index (χ0) is 19.5. The molecule has 1 aromatic carbocycles. The molecule has 1 atom stereocenters. The van der Waals surface area contributed by atoms with Gasteiger partial charge < -0.3 is 15.4 Å². The lowest BCUT2D eigenvalue weighted by atomic mass is 10.1. The maximum Gasteiger partial charge on any atom is 0.412 e. The topological polar surface area (TPSA) is 70.4 Å². The maximum absolute atomic E-state index is 11.9. The van der Waals surface area contributed by atoms with Gasteiger partial charge >= 0.3 is 6.09 Å². The number of hydrogen-bond acceptors (Lipinski definition) is 3. The molecule has 2 N–H and O–H groups in total. The number of allylic oxidation sites excluding steroid dienone is 1. The van der Waals surface area contributed by atoms with Gasteiger partial charge in [0.2, 0.25) is 5.91 Å². The molecule has 1 aromatic rings. The Balaban J connectivity index is 2.39. The molecule has 0 bridgehead atoms. The van der Waals surface area contributed by atoms with Crippen molar-refractivity contribution >= 4 is 18.2 Å². The van der Waals surface area contributed by atoms with Gasteiger partial charge in [0, 0.05) is 23.7 Å². The molecule has 142 valence electrons. The molecule has 0 aromatic heterocycles. The molecule has 0 saturated heterocycles. The van der Waals surface area contributed by atoms with Crippen LogP contribution >= 0.6 is 0 Å². The minimum atomic E-state index is -0.466. The maximum atomic E-state index is 11.9. The number of carbonyl (C=O) groups excluding carboxylic acids is 2. The van der Waals surface area contributed by atoms with Crippen molar-refractivity contribution in [2.45, 2.75) is 46.2 Å². The van der Waals surface area contributed by atoms with Crippen LogP contribution in [0.2, 0.25) is 0 Å². The number of carbonyl (C=O) groups is 2. The molecule has 6 nitrogen and oxygen atoms in total. The summed E-state index contributed by atoms with van der Waals surface area (Å²) in [5, 5.41) is 5.62. The Kier molecular flexibility index (Phi) is 9.12. The average molecular weight is 360 g/mol. The largest absolute Gasteiger partial charge is 0.412 e. The molecular weight excluding hydrogens is 330 g/mol. The van der Waals surface area contributed by atoms with Gasteiger partial charge in [-0.05, 0) is 39.7 Å². The first-order valence-electron chi connectivity index (χ1n) is 8.78. The van der Waals surface area contributed by atoms with Gasteiger partial charge in [-0.25, -0.2) is 9.37 Å². The number of alkyl carbamates (subject to hydrolysis) is 1. The molecule has 0 fully saturated rings. The summed E-state index contributed by atoms with van der Waals surface area (Å²) in [6, 6.07) is 10.0. The fourth-order valence-corrected chi connectivity index (χ4v) is 2.16. The van der Waals surface area contributed by atoms with Gasteiger partial charge in [0.15, 0.2) is 6.21 Å². The molecule has 26 heavy (non-hydrogen) atoms. The Labute approximate surface area is 155 Å². The lowest BCUT2D eigenvalue weighted by Gasteiger charge is -2.13. The van der Waals surface area contributed by atoms with Gasteiger partial charge in [-0.1, -0.05) is 30.3 Å². The minimum Gasteiger partial charge on any atom is -0.389 e. The summed E-state index contributed by atoms with van der Waals surface area (Å²) in [6.45, 7) is 7.59. The molecule has 0 spiro atoms. The number of rotatable bonds is 8. The number of hydrogen-bond donors (Lipinski definition) is 2. The van der Waals surface area contributed by atoms with Gasteiger partial charge in [0.1, 0.15) is 7.05 Å². The first-order valence-corrected chi connectivity index (χ1v) is 8.78. The second-order valence-electron chi connectivity index (χ2n) is 6.68. The molecule has 0 radical (unpaired) electrons. The zero-order valence-electron chi connectivity index (χ0n) is 16.3. The van der Waals surface area contributed by atoms with Crippen LogP contribution in [0.4, 0.5) is 4.79 Å². The van der Waals surface area contributed by atoms with Crippen molar-refractivity contribution in [3.05, 3.63) is 47.5 Å². The van der Waals surface area contributed by atoms with Crippen LogP contribution in [-0.4, -0.2) is 48.7 Å². The van der Waals surface area contributed by atoms with Crippen molar-refractivity contribution in [1.82, 2.24) is 10.6 Å². The van der Waals surface area contributed by atoms with Crippen molar-refractivity contribution in [2.75, 3.05) is 13.8 Å². The van der Waals surface area contributed by atoms with Gasteiger partial charge in [-0.15, -0.1) is 0 Å². The van der Waals surface area contributed by atoms with E-state index >= 15 is 0 Å². The summed E-state index contributed by atoms with van der Waals surface area (Å²) >= 11 is 0. The first kappa shape index (κ1) is 21.4. The quantitative estimate of drug-likeness (QED) is 0.324. The van der Waals surface area contributed by atoms with E-state index in [1.54, 1.807) is 30.8 Å². The monoisotopic (exact) mass is 360 g/mol. The van der Waals surface area contributed by atoms with Crippen LogP contribution in [0.3, 0.4) is 0 Å². The number of amides is 2. The van der Waals surface area contributed by atoms with E-state index in [0.29, 0.717) is 5.57 Å². The average Bonchev–Trinajstić information content (AvgIpc) is 2.57. The van der Waals surface area contributed by atoms with E-state index in [4.69, 9.17) is 4.74 Å². The third kappa shape index (κ3) is 9.01. The summed E-state index contributed by atoms with van der Waals surface area (Å²) in [5.41, 5.74) is 1.75. The number of ether oxygens (including phenoxy) is 1. The highest BCUT2D eigenvalue weighted by atomic mass is 16.6. The normalized spacial score (nSPS) is 13.3. The summed E-state index contributed by atoms with van der Waals surface area (Å²) in [5.74, 6) is -0.113. The lowest BCUT2D eigenvalue weighted by molar-refractivity contribution is -0.528. The summed E-state index contributed by atoms with van der Waals surface area (Å²) in [4.78, 5) is 23.7. The predicted octanol–water partition coefficient (Wildman–Crippen LogP) is 2.49. The van der Waals surface area contributed by atoms with Crippen molar-refractivity contribution in [1.29, 1.82) is 0 Å².